The summed E-state index contributed by atoms with van der Waals surface area (Å²) < 4.78 is 13.4. The summed E-state index contributed by atoms with van der Waals surface area (Å²) >= 11 is 0. The van der Waals surface area contributed by atoms with Gasteiger partial charge >= 0.3 is 0 Å². The highest BCUT2D eigenvalue weighted by molar-refractivity contribution is 5.72. The SMILES string of the molecule is CC(C)(C)c1ccc(-c2cc(-c3cc(F)ccc3O)n[nH]2)cc1. The fourth-order valence-electron chi connectivity index (χ4n) is 2.47. The summed E-state index contributed by atoms with van der Waals surface area (Å²) in [5.41, 5.74) is 4.06. The fourth-order valence-corrected chi connectivity index (χ4v) is 2.47. The minimum atomic E-state index is -0.406. The van der Waals surface area contributed by atoms with E-state index >= 15 is 0 Å². The molecule has 118 valence electrons. The predicted molar refractivity (Wildman–Crippen MR) is 89.8 cm³/mol. The molecule has 2 aromatic carbocycles. The Morgan fingerprint density at radius 1 is 1.00 bits per heavy atom. The van der Waals surface area contributed by atoms with E-state index in [9.17, 15) is 9.50 Å². The van der Waals surface area contributed by atoms with Crippen LogP contribution in [-0.2, 0) is 5.41 Å². The average molecular weight is 310 g/mol. The Bertz CT molecular complexity index is 829. The molecule has 3 nitrogen and oxygen atoms in total. The number of halogens is 1. The number of phenols is 1. The molecule has 23 heavy (non-hydrogen) atoms. The number of aromatic nitrogens is 2. The largest absolute Gasteiger partial charge is 0.507 e. The van der Waals surface area contributed by atoms with E-state index in [1.165, 1.54) is 23.8 Å². The predicted octanol–water partition coefficient (Wildman–Crippen LogP) is 4.89. The quantitative estimate of drug-likeness (QED) is 0.708. The summed E-state index contributed by atoms with van der Waals surface area (Å²) in [4.78, 5) is 0. The number of aromatic hydroxyl groups is 1. The molecule has 0 radical (unpaired) electrons. The number of H-pyrrole nitrogens is 1. The van der Waals surface area contributed by atoms with Gasteiger partial charge in [-0.05, 0) is 40.8 Å². The second kappa shape index (κ2) is 5.54. The van der Waals surface area contributed by atoms with Crippen molar-refractivity contribution in [2.45, 2.75) is 26.2 Å². The van der Waals surface area contributed by atoms with Crippen LogP contribution in [0.2, 0.25) is 0 Å². The van der Waals surface area contributed by atoms with Crippen molar-refractivity contribution < 1.29 is 9.50 Å². The molecule has 1 heterocycles. The van der Waals surface area contributed by atoms with Crippen LogP contribution in [0.5, 0.6) is 5.75 Å². The lowest BCUT2D eigenvalue weighted by atomic mass is 9.86. The number of nitrogens with zero attached hydrogens (tertiary/aromatic N) is 1. The zero-order valence-electron chi connectivity index (χ0n) is 13.4. The molecule has 0 spiro atoms. The maximum Gasteiger partial charge on any atom is 0.125 e. The first-order valence-corrected chi connectivity index (χ1v) is 7.50. The normalized spacial score (nSPS) is 11.7. The van der Waals surface area contributed by atoms with E-state index < -0.39 is 5.82 Å². The lowest BCUT2D eigenvalue weighted by Crippen LogP contribution is -2.10. The first-order valence-electron chi connectivity index (χ1n) is 7.50. The molecule has 0 aliphatic carbocycles. The number of nitrogens with one attached hydrogen (secondary N) is 1. The minimum Gasteiger partial charge on any atom is -0.507 e. The van der Waals surface area contributed by atoms with Crippen LogP contribution >= 0.6 is 0 Å². The Balaban J connectivity index is 1.94. The van der Waals surface area contributed by atoms with Gasteiger partial charge in [0.15, 0.2) is 0 Å². The summed E-state index contributed by atoms with van der Waals surface area (Å²) in [5.74, 6) is -0.399. The lowest BCUT2D eigenvalue weighted by molar-refractivity contribution is 0.475. The average Bonchev–Trinajstić information content (AvgIpc) is 2.99. The number of phenolic OH excluding ortho intramolecular Hbond substituents is 1. The molecule has 0 unspecified atom stereocenters. The molecule has 3 aromatic rings. The van der Waals surface area contributed by atoms with Gasteiger partial charge in [-0.3, -0.25) is 5.10 Å². The summed E-state index contributed by atoms with van der Waals surface area (Å²) in [7, 11) is 0. The highest BCUT2D eigenvalue weighted by atomic mass is 19.1. The van der Waals surface area contributed by atoms with Crippen LogP contribution in [0.15, 0.2) is 48.5 Å². The number of hydrogen-bond donors (Lipinski definition) is 2. The number of aromatic amines is 1. The number of rotatable bonds is 2. The van der Waals surface area contributed by atoms with Gasteiger partial charge in [0, 0.05) is 5.56 Å². The molecule has 0 fully saturated rings. The van der Waals surface area contributed by atoms with Crippen LogP contribution in [0.25, 0.3) is 22.5 Å². The molecule has 0 aliphatic heterocycles. The van der Waals surface area contributed by atoms with Gasteiger partial charge in [-0.25, -0.2) is 4.39 Å². The summed E-state index contributed by atoms with van der Waals surface area (Å²) in [5, 5.41) is 17.0. The Morgan fingerprint density at radius 3 is 2.35 bits per heavy atom. The Morgan fingerprint density at radius 2 is 1.70 bits per heavy atom. The highest BCUT2D eigenvalue weighted by Gasteiger charge is 2.14. The van der Waals surface area contributed by atoms with E-state index in [2.05, 4.69) is 43.1 Å². The van der Waals surface area contributed by atoms with Gasteiger partial charge in [0.05, 0.1) is 11.4 Å². The molecule has 4 heteroatoms. The van der Waals surface area contributed by atoms with Crippen LogP contribution in [0.3, 0.4) is 0 Å². The maximum atomic E-state index is 13.4. The van der Waals surface area contributed by atoms with Crippen LogP contribution in [-0.4, -0.2) is 15.3 Å². The Hall–Kier alpha value is -2.62. The molecule has 1 aromatic heterocycles. The van der Waals surface area contributed by atoms with Gasteiger partial charge in [-0.2, -0.15) is 5.10 Å². The van der Waals surface area contributed by atoms with Gasteiger partial charge in [-0.1, -0.05) is 45.0 Å². The number of hydrogen-bond acceptors (Lipinski definition) is 2. The van der Waals surface area contributed by atoms with Crippen molar-refractivity contribution in [2.75, 3.05) is 0 Å². The lowest BCUT2D eigenvalue weighted by Gasteiger charge is -2.18. The number of benzene rings is 2. The standard InChI is InChI=1S/C19H19FN2O/c1-19(2,3)13-6-4-12(5-7-13)16-11-17(22-21-16)15-10-14(20)8-9-18(15)23/h4-11,23H,1-3H3,(H,21,22). The van der Waals surface area contributed by atoms with E-state index in [0.717, 1.165) is 11.3 Å². The molecular weight excluding hydrogens is 291 g/mol. The molecule has 0 bridgehead atoms. The molecule has 0 aliphatic rings. The van der Waals surface area contributed by atoms with Crippen molar-refractivity contribution >= 4 is 0 Å². The second-order valence-electron chi connectivity index (χ2n) is 6.66. The Labute approximate surface area is 134 Å². The smallest absolute Gasteiger partial charge is 0.125 e. The summed E-state index contributed by atoms with van der Waals surface area (Å²) in [6.07, 6.45) is 0. The van der Waals surface area contributed by atoms with Crippen LogP contribution < -0.4 is 0 Å². The zero-order valence-corrected chi connectivity index (χ0v) is 13.4. The highest BCUT2D eigenvalue weighted by Crippen LogP contribution is 2.31. The van der Waals surface area contributed by atoms with Crippen molar-refractivity contribution in [3.63, 3.8) is 0 Å². The molecule has 0 saturated carbocycles. The molecule has 0 atom stereocenters. The van der Waals surface area contributed by atoms with Crippen molar-refractivity contribution in [3.8, 4) is 28.3 Å². The first kappa shape index (κ1) is 15.3. The molecule has 2 N–H and O–H groups in total. The minimum absolute atomic E-state index is 0.00697. The zero-order chi connectivity index (χ0) is 16.6. The summed E-state index contributed by atoms with van der Waals surface area (Å²) in [6.45, 7) is 6.51. The first-order chi connectivity index (χ1) is 10.8. The van der Waals surface area contributed by atoms with Crippen LogP contribution in [0, 0.1) is 5.82 Å². The van der Waals surface area contributed by atoms with E-state index in [4.69, 9.17) is 0 Å². The van der Waals surface area contributed by atoms with Crippen LogP contribution in [0.1, 0.15) is 26.3 Å². The fraction of sp³-hybridized carbons (Fsp3) is 0.211. The van der Waals surface area contributed by atoms with Crippen molar-refractivity contribution in [2.24, 2.45) is 0 Å². The third-order valence-electron chi connectivity index (χ3n) is 3.87. The molecule has 0 amide bonds. The summed E-state index contributed by atoms with van der Waals surface area (Å²) in [6, 6.07) is 13.9. The topological polar surface area (TPSA) is 48.9 Å². The van der Waals surface area contributed by atoms with E-state index in [1.807, 2.05) is 12.1 Å². The van der Waals surface area contributed by atoms with Crippen LogP contribution in [0.4, 0.5) is 4.39 Å². The molecular formula is C19H19FN2O. The van der Waals surface area contributed by atoms with Crippen molar-refractivity contribution in [3.05, 3.63) is 59.9 Å². The van der Waals surface area contributed by atoms with Crippen molar-refractivity contribution in [1.82, 2.24) is 10.2 Å². The van der Waals surface area contributed by atoms with Gasteiger partial charge in [0.25, 0.3) is 0 Å². The molecule has 3 rings (SSSR count). The molecule has 0 saturated heterocycles. The van der Waals surface area contributed by atoms with E-state index in [0.29, 0.717) is 11.3 Å². The van der Waals surface area contributed by atoms with Gasteiger partial charge in [0.1, 0.15) is 11.6 Å². The third kappa shape index (κ3) is 3.11. The van der Waals surface area contributed by atoms with Gasteiger partial charge < -0.3 is 5.11 Å². The van der Waals surface area contributed by atoms with E-state index in [1.54, 1.807) is 6.07 Å². The van der Waals surface area contributed by atoms with E-state index in [-0.39, 0.29) is 11.2 Å². The maximum absolute atomic E-state index is 13.4. The van der Waals surface area contributed by atoms with Gasteiger partial charge in [0.2, 0.25) is 0 Å². The Kier molecular flexibility index (Phi) is 3.68. The monoisotopic (exact) mass is 310 g/mol. The van der Waals surface area contributed by atoms with Gasteiger partial charge in [-0.15, -0.1) is 0 Å². The van der Waals surface area contributed by atoms with Crippen molar-refractivity contribution in [1.29, 1.82) is 0 Å². The third-order valence-corrected chi connectivity index (χ3v) is 3.87. The second-order valence-corrected chi connectivity index (χ2v) is 6.66.